The zero-order valence-corrected chi connectivity index (χ0v) is 8.66. The van der Waals surface area contributed by atoms with Gasteiger partial charge in [-0.25, -0.2) is 8.78 Å². The highest BCUT2D eigenvalue weighted by atomic mass is 79.9. The Morgan fingerprint density at radius 2 is 2.07 bits per heavy atom. The summed E-state index contributed by atoms with van der Waals surface area (Å²) in [5.41, 5.74) is 6.48. The number of hydrogen-bond acceptors (Lipinski definition) is 1. The number of aromatic nitrogens is 1. The lowest BCUT2D eigenvalue weighted by Gasteiger charge is -1.97. The number of halogens is 3. The fourth-order valence-corrected chi connectivity index (χ4v) is 1.67. The fourth-order valence-electron chi connectivity index (χ4n) is 1.35. The number of benzene rings is 1. The molecule has 74 valence electrons. The van der Waals surface area contributed by atoms with E-state index in [4.69, 9.17) is 5.73 Å². The van der Waals surface area contributed by atoms with Crippen molar-refractivity contribution >= 4 is 26.8 Å². The predicted octanol–water partition coefficient (Wildman–Crippen LogP) is 2.67. The molecule has 5 heteroatoms. The average molecular weight is 261 g/mol. The molecule has 1 heterocycles. The Morgan fingerprint density at radius 3 is 2.71 bits per heavy atom. The molecule has 2 rings (SSSR count). The lowest BCUT2D eigenvalue weighted by atomic mass is 10.2. The second kappa shape index (κ2) is 3.33. The van der Waals surface area contributed by atoms with E-state index in [2.05, 4.69) is 20.9 Å². The standard InChI is InChI=1S/C9H7BrF2N2/c10-8-6(11)2-7-5(9(8)12)1-4(3-13)14-7/h1-2,14H,3,13H2. The van der Waals surface area contributed by atoms with Gasteiger partial charge in [-0.2, -0.15) is 0 Å². The highest BCUT2D eigenvalue weighted by Crippen LogP contribution is 2.28. The van der Waals surface area contributed by atoms with Crippen molar-refractivity contribution in [1.82, 2.24) is 4.98 Å². The zero-order valence-electron chi connectivity index (χ0n) is 7.07. The SMILES string of the molecule is NCc1cc2c(F)c(Br)c(F)cc2[nH]1. The normalized spacial score (nSPS) is 11.1. The Hall–Kier alpha value is -0.940. The molecule has 2 nitrogen and oxygen atoms in total. The van der Waals surface area contributed by atoms with Crippen LogP contribution in [0.15, 0.2) is 16.6 Å². The van der Waals surface area contributed by atoms with Crippen LogP contribution in [0.5, 0.6) is 0 Å². The van der Waals surface area contributed by atoms with Crippen molar-refractivity contribution in [3.05, 3.63) is 33.9 Å². The summed E-state index contributed by atoms with van der Waals surface area (Å²) in [6, 6.07) is 2.82. The first-order valence-corrected chi connectivity index (χ1v) is 4.78. The molecule has 2 aromatic rings. The topological polar surface area (TPSA) is 41.8 Å². The van der Waals surface area contributed by atoms with Crippen LogP contribution in [0, 0.1) is 11.6 Å². The zero-order chi connectivity index (χ0) is 10.3. The van der Waals surface area contributed by atoms with Gasteiger partial charge >= 0.3 is 0 Å². The summed E-state index contributed by atoms with van der Waals surface area (Å²) in [4.78, 5) is 2.83. The monoisotopic (exact) mass is 260 g/mol. The van der Waals surface area contributed by atoms with Crippen molar-refractivity contribution in [3.63, 3.8) is 0 Å². The van der Waals surface area contributed by atoms with E-state index in [1.54, 1.807) is 6.07 Å². The minimum absolute atomic E-state index is 0.146. The first-order chi connectivity index (χ1) is 6.63. The van der Waals surface area contributed by atoms with Gasteiger partial charge in [0, 0.05) is 17.6 Å². The maximum Gasteiger partial charge on any atom is 0.149 e. The second-order valence-electron chi connectivity index (χ2n) is 2.95. The van der Waals surface area contributed by atoms with E-state index in [0.29, 0.717) is 16.6 Å². The van der Waals surface area contributed by atoms with Crippen LogP contribution in [-0.2, 0) is 6.54 Å². The van der Waals surface area contributed by atoms with Gasteiger partial charge in [0.15, 0.2) is 0 Å². The number of fused-ring (bicyclic) bond motifs is 1. The van der Waals surface area contributed by atoms with Crippen molar-refractivity contribution in [2.24, 2.45) is 5.73 Å². The molecule has 3 N–H and O–H groups in total. The van der Waals surface area contributed by atoms with Gasteiger partial charge in [-0.15, -0.1) is 0 Å². The number of H-pyrrole nitrogens is 1. The minimum atomic E-state index is -0.625. The summed E-state index contributed by atoms with van der Waals surface area (Å²) < 4.78 is 26.4. The summed E-state index contributed by atoms with van der Waals surface area (Å²) in [6.07, 6.45) is 0. The molecule has 0 unspecified atom stereocenters. The molecule has 0 saturated heterocycles. The maximum atomic E-state index is 13.5. The molecule has 1 aromatic heterocycles. The van der Waals surface area contributed by atoms with Gasteiger partial charge in [0.25, 0.3) is 0 Å². The van der Waals surface area contributed by atoms with E-state index in [1.165, 1.54) is 6.07 Å². The molecule has 0 aliphatic carbocycles. The van der Waals surface area contributed by atoms with Gasteiger partial charge in [-0.05, 0) is 28.1 Å². The van der Waals surface area contributed by atoms with E-state index in [1.807, 2.05) is 0 Å². The van der Waals surface area contributed by atoms with Gasteiger partial charge in [0.2, 0.25) is 0 Å². The molecule has 0 fully saturated rings. The molecule has 14 heavy (non-hydrogen) atoms. The molecule has 0 bridgehead atoms. The third-order valence-corrected chi connectivity index (χ3v) is 2.76. The minimum Gasteiger partial charge on any atom is -0.357 e. The third kappa shape index (κ3) is 1.33. The lowest BCUT2D eigenvalue weighted by molar-refractivity contribution is 0.580. The summed E-state index contributed by atoms with van der Waals surface area (Å²) in [7, 11) is 0. The van der Waals surface area contributed by atoms with Gasteiger partial charge in [-0.3, -0.25) is 0 Å². The summed E-state index contributed by atoms with van der Waals surface area (Å²) >= 11 is 2.84. The number of rotatable bonds is 1. The molecule has 0 aliphatic rings. The first kappa shape index (κ1) is 9.61. The number of nitrogens with one attached hydrogen (secondary N) is 1. The lowest BCUT2D eigenvalue weighted by Crippen LogP contribution is -1.94. The Bertz CT molecular complexity index is 493. The fraction of sp³-hybridized carbons (Fsp3) is 0.111. The number of hydrogen-bond donors (Lipinski definition) is 2. The predicted molar refractivity (Wildman–Crippen MR) is 53.8 cm³/mol. The van der Waals surface area contributed by atoms with Crippen LogP contribution in [0.4, 0.5) is 8.78 Å². The summed E-state index contributed by atoms with van der Waals surface area (Å²) in [5.74, 6) is -1.23. The van der Waals surface area contributed by atoms with Crippen molar-refractivity contribution in [1.29, 1.82) is 0 Å². The van der Waals surface area contributed by atoms with Crippen molar-refractivity contribution < 1.29 is 8.78 Å². The van der Waals surface area contributed by atoms with Gasteiger partial charge in [0.05, 0.1) is 9.99 Å². The molecular formula is C9H7BrF2N2. The number of nitrogens with two attached hydrogens (primary N) is 1. The second-order valence-corrected chi connectivity index (χ2v) is 3.74. The largest absolute Gasteiger partial charge is 0.357 e. The quantitative estimate of drug-likeness (QED) is 0.761. The van der Waals surface area contributed by atoms with Crippen LogP contribution in [0.1, 0.15) is 5.69 Å². The molecule has 0 spiro atoms. The summed E-state index contributed by atoms with van der Waals surface area (Å²) in [6.45, 7) is 0.271. The molecule has 0 atom stereocenters. The smallest absolute Gasteiger partial charge is 0.149 e. The van der Waals surface area contributed by atoms with Crippen LogP contribution in [0.2, 0.25) is 0 Å². The highest BCUT2D eigenvalue weighted by molar-refractivity contribution is 9.10. The highest BCUT2D eigenvalue weighted by Gasteiger charge is 2.12. The van der Waals surface area contributed by atoms with Crippen molar-refractivity contribution in [2.45, 2.75) is 6.54 Å². The van der Waals surface area contributed by atoms with Gasteiger partial charge in [0.1, 0.15) is 11.6 Å². The van der Waals surface area contributed by atoms with Crippen LogP contribution >= 0.6 is 15.9 Å². The maximum absolute atomic E-state index is 13.5. The Morgan fingerprint density at radius 1 is 1.36 bits per heavy atom. The Balaban J connectivity index is 2.81. The van der Waals surface area contributed by atoms with E-state index in [0.717, 1.165) is 0 Å². The van der Waals surface area contributed by atoms with Gasteiger partial charge < -0.3 is 10.7 Å². The Labute approximate surface area is 87.2 Å². The van der Waals surface area contributed by atoms with E-state index in [-0.39, 0.29) is 11.0 Å². The summed E-state index contributed by atoms with van der Waals surface area (Å²) in [5, 5.41) is 0.346. The van der Waals surface area contributed by atoms with Crippen LogP contribution in [0.3, 0.4) is 0 Å². The molecule has 0 saturated carbocycles. The van der Waals surface area contributed by atoms with Crippen LogP contribution in [0.25, 0.3) is 10.9 Å². The van der Waals surface area contributed by atoms with Gasteiger partial charge in [-0.1, -0.05) is 0 Å². The van der Waals surface area contributed by atoms with E-state index in [9.17, 15) is 8.78 Å². The molecular weight excluding hydrogens is 254 g/mol. The number of aromatic amines is 1. The third-order valence-electron chi connectivity index (χ3n) is 2.03. The molecule has 0 aliphatic heterocycles. The van der Waals surface area contributed by atoms with Crippen LogP contribution in [-0.4, -0.2) is 4.98 Å². The first-order valence-electron chi connectivity index (χ1n) is 3.98. The van der Waals surface area contributed by atoms with Crippen LogP contribution < -0.4 is 5.73 Å². The molecule has 0 radical (unpaired) electrons. The Kier molecular flexibility index (Phi) is 2.28. The van der Waals surface area contributed by atoms with E-state index >= 15 is 0 Å². The van der Waals surface area contributed by atoms with Crippen molar-refractivity contribution in [3.8, 4) is 0 Å². The molecule has 0 amide bonds. The molecule has 1 aromatic carbocycles. The van der Waals surface area contributed by atoms with Crippen molar-refractivity contribution in [2.75, 3.05) is 0 Å². The average Bonchev–Trinajstić information content (AvgIpc) is 2.57. The van der Waals surface area contributed by atoms with E-state index < -0.39 is 11.6 Å².